The molecule has 0 radical (unpaired) electrons. The Morgan fingerprint density at radius 3 is 2.75 bits per heavy atom. The van der Waals surface area contributed by atoms with E-state index in [-0.39, 0.29) is 0 Å². The first-order chi connectivity index (χ1) is 11.8. The van der Waals surface area contributed by atoms with Crippen molar-refractivity contribution in [1.29, 1.82) is 0 Å². The van der Waals surface area contributed by atoms with E-state index in [1.165, 1.54) is 4.70 Å². The van der Waals surface area contributed by atoms with Gasteiger partial charge in [0.2, 0.25) is 4.96 Å². The largest absolute Gasteiger partial charge is 0.264 e. The van der Waals surface area contributed by atoms with Crippen LogP contribution in [0.2, 0.25) is 0 Å². The lowest BCUT2D eigenvalue weighted by Crippen LogP contribution is -1.81. The Balaban J connectivity index is 1.46. The number of hydrogen-bond acceptors (Lipinski definition) is 7. The Morgan fingerprint density at radius 1 is 0.958 bits per heavy atom. The zero-order valence-corrected chi connectivity index (χ0v) is 14.6. The van der Waals surface area contributed by atoms with Crippen LogP contribution >= 0.6 is 34.4 Å². The quantitative estimate of drug-likeness (QED) is 0.466. The molecule has 0 aliphatic rings. The van der Waals surface area contributed by atoms with Gasteiger partial charge in [0.1, 0.15) is 0 Å². The van der Waals surface area contributed by atoms with Gasteiger partial charge in [-0.05, 0) is 36.0 Å². The van der Waals surface area contributed by atoms with Crippen LogP contribution in [-0.4, -0.2) is 24.6 Å². The molecule has 5 rings (SSSR count). The Morgan fingerprint density at radius 2 is 1.92 bits per heavy atom. The Bertz CT molecular complexity index is 1080. The maximum absolute atomic E-state index is 4.64. The number of thiazole rings is 1. The van der Waals surface area contributed by atoms with Crippen LogP contribution in [0.3, 0.4) is 0 Å². The molecule has 0 N–H and O–H groups in total. The monoisotopic (exact) mass is 367 g/mol. The second kappa shape index (κ2) is 5.66. The third kappa shape index (κ3) is 2.48. The molecule has 0 aliphatic heterocycles. The lowest BCUT2D eigenvalue weighted by molar-refractivity contribution is 0.915. The maximum atomic E-state index is 4.64. The molecule has 0 atom stereocenters. The SMILES string of the molecule is c1cncc(-c2cn3nc(Sc4nc5ccccc5s4)sc3n2)c1. The molecule has 4 aromatic heterocycles. The molecule has 116 valence electrons. The van der Waals surface area contributed by atoms with Gasteiger partial charge in [-0.1, -0.05) is 23.5 Å². The number of hydrogen-bond donors (Lipinski definition) is 0. The predicted octanol–water partition coefficient (Wildman–Crippen LogP) is 4.61. The fourth-order valence-electron chi connectivity index (χ4n) is 2.35. The molecule has 0 unspecified atom stereocenters. The molecule has 0 saturated carbocycles. The van der Waals surface area contributed by atoms with E-state index in [2.05, 4.69) is 26.1 Å². The van der Waals surface area contributed by atoms with E-state index in [1.807, 2.05) is 47.2 Å². The van der Waals surface area contributed by atoms with Gasteiger partial charge in [-0.3, -0.25) is 4.98 Å². The summed E-state index contributed by atoms with van der Waals surface area (Å²) in [7, 11) is 0. The van der Waals surface area contributed by atoms with Crippen molar-refractivity contribution < 1.29 is 0 Å². The molecule has 24 heavy (non-hydrogen) atoms. The lowest BCUT2D eigenvalue weighted by Gasteiger charge is -1.92. The van der Waals surface area contributed by atoms with Crippen molar-refractivity contribution in [3.63, 3.8) is 0 Å². The molecule has 0 aliphatic carbocycles. The van der Waals surface area contributed by atoms with Gasteiger partial charge in [0.15, 0.2) is 8.68 Å². The summed E-state index contributed by atoms with van der Waals surface area (Å²) >= 11 is 4.84. The second-order valence-electron chi connectivity index (χ2n) is 5.01. The summed E-state index contributed by atoms with van der Waals surface area (Å²) in [6.45, 7) is 0. The summed E-state index contributed by atoms with van der Waals surface area (Å²) in [4.78, 5) is 14.3. The first-order valence-corrected chi connectivity index (χ1v) is 9.60. The standard InChI is InChI=1S/C16H9N5S3/c1-2-6-13-11(5-1)19-15(22-13)24-16-20-21-9-12(18-14(21)23-16)10-4-3-7-17-8-10/h1-9H. The minimum absolute atomic E-state index is 0.873. The van der Waals surface area contributed by atoms with Crippen LogP contribution in [0.4, 0.5) is 0 Å². The molecule has 8 heteroatoms. The Kier molecular flexibility index (Phi) is 3.32. The molecule has 0 saturated heterocycles. The second-order valence-corrected chi connectivity index (χ2v) is 8.49. The number of para-hydroxylation sites is 1. The van der Waals surface area contributed by atoms with Crippen molar-refractivity contribution in [2.45, 2.75) is 8.68 Å². The molecule has 1 aromatic carbocycles. The number of nitrogens with zero attached hydrogens (tertiary/aromatic N) is 5. The number of aromatic nitrogens is 5. The first-order valence-electron chi connectivity index (χ1n) is 7.15. The molecule has 0 fully saturated rings. The molecular weight excluding hydrogens is 358 g/mol. The van der Waals surface area contributed by atoms with Gasteiger partial charge < -0.3 is 0 Å². The Labute approximate surface area is 149 Å². The highest BCUT2D eigenvalue weighted by Gasteiger charge is 2.13. The average molecular weight is 367 g/mol. The summed E-state index contributed by atoms with van der Waals surface area (Å²) in [5.41, 5.74) is 2.92. The van der Waals surface area contributed by atoms with Crippen LogP contribution < -0.4 is 0 Å². The van der Waals surface area contributed by atoms with Gasteiger partial charge in [0.25, 0.3) is 0 Å². The van der Waals surface area contributed by atoms with Gasteiger partial charge in [-0.2, -0.15) is 0 Å². The van der Waals surface area contributed by atoms with Gasteiger partial charge in [-0.25, -0.2) is 14.5 Å². The number of pyridine rings is 1. The summed E-state index contributed by atoms with van der Waals surface area (Å²) in [6, 6.07) is 12.1. The summed E-state index contributed by atoms with van der Waals surface area (Å²) in [6.07, 6.45) is 5.50. The van der Waals surface area contributed by atoms with Gasteiger partial charge in [0.05, 0.1) is 22.1 Å². The zero-order chi connectivity index (χ0) is 15.9. The van der Waals surface area contributed by atoms with Gasteiger partial charge >= 0.3 is 0 Å². The van der Waals surface area contributed by atoms with E-state index in [0.29, 0.717) is 0 Å². The van der Waals surface area contributed by atoms with Crippen molar-refractivity contribution in [1.82, 2.24) is 24.6 Å². The fraction of sp³-hybridized carbons (Fsp3) is 0. The van der Waals surface area contributed by atoms with Crippen molar-refractivity contribution in [3.8, 4) is 11.3 Å². The van der Waals surface area contributed by atoms with Crippen molar-refractivity contribution in [3.05, 3.63) is 55.0 Å². The third-order valence-corrected chi connectivity index (χ3v) is 6.50. The highest BCUT2D eigenvalue weighted by atomic mass is 32.2. The maximum Gasteiger partial charge on any atom is 0.213 e. The molecule has 5 nitrogen and oxygen atoms in total. The number of fused-ring (bicyclic) bond motifs is 2. The molecular formula is C16H9N5S3. The van der Waals surface area contributed by atoms with Crippen LogP contribution in [0.25, 0.3) is 26.4 Å². The van der Waals surface area contributed by atoms with E-state index in [9.17, 15) is 0 Å². The van der Waals surface area contributed by atoms with Gasteiger partial charge in [0, 0.05) is 18.0 Å². The Hall–Kier alpha value is -2.29. The highest BCUT2D eigenvalue weighted by molar-refractivity contribution is 8.02. The molecule has 0 amide bonds. The van der Waals surface area contributed by atoms with E-state index in [4.69, 9.17) is 0 Å². The van der Waals surface area contributed by atoms with E-state index in [1.54, 1.807) is 40.6 Å². The predicted molar refractivity (Wildman–Crippen MR) is 97.8 cm³/mol. The summed E-state index contributed by atoms with van der Waals surface area (Å²) < 4.78 is 4.96. The van der Waals surface area contributed by atoms with Crippen LogP contribution in [-0.2, 0) is 0 Å². The fourth-order valence-corrected chi connectivity index (χ4v) is 5.54. The summed E-state index contributed by atoms with van der Waals surface area (Å²) in [5, 5.41) is 4.61. The van der Waals surface area contributed by atoms with E-state index in [0.717, 1.165) is 30.4 Å². The number of benzene rings is 1. The van der Waals surface area contributed by atoms with E-state index >= 15 is 0 Å². The van der Waals surface area contributed by atoms with Crippen molar-refractivity contribution in [2.24, 2.45) is 0 Å². The van der Waals surface area contributed by atoms with Gasteiger partial charge in [-0.15, -0.1) is 16.4 Å². The van der Waals surface area contributed by atoms with Crippen LogP contribution in [0.15, 0.2) is 63.7 Å². The topological polar surface area (TPSA) is 56.0 Å². The lowest BCUT2D eigenvalue weighted by atomic mass is 10.2. The highest BCUT2D eigenvalue weighted by Crippen LogP contribution is 2.36. The molecule has 0 spiro atoms. The first kappa shape index (κ1) is 14.1. The molecule has 4 heterocycles. The minimum atomic E-state index is 0.873. The number of imidazole rings is 1. The van der Waals surface area contributed by atoms with Crippen LogP contribution in [0.1, 0.15) is 0 Å². The third-order valence-electron chi connectivity index (χ3n) is 3.43. The zero-order valence-electron chi connectivity index (χ0n) is 12.2. The van der Waals surface area contributed by atoms with Crippen LogP contribution in [0.5, 0.6) is 0 Å². The molecule has 0 bridgehead atoms. The minimum Gasteiger partial charge on any atom is -0.264 e. The smallest absolute Gasteiger partial charge is 0.213 e. The van der Waals surface area contributed by atoms with E-state index < -0.39 is 0 Å². The normalized spacial score (nSPS) is 11.5. The average Bonchev–Trinajstić information content (AvgIpc) is 3.27. The van der Waals surface area contributed by atoms with Crippen LogP contribution in [0, 0.1) is 0 Å². The van der Waals surface area contributed by atoms with Crippen molar-refractivity contribution >= 4 is 49.6 Å². The summed E-state index contributed by atoms with van der Waals surface area (Å²) in [5.74, 6) is 0. The number of rotatable bonds is 3. The van der Waals surface area contributed by atoms with Crippen molar-refractivity contribution in [2.75, 3.05) is 0 Å². The molecule has 5 aromatic rings.